The van der Waals surface area contributed by atoms with Crippen LogP contribution in [0.2, 0.25) is 0 Å². The van der Waals surface area contributed by atoms with Crippen molar-refractivity contribution in [2.24, 2.45) is 0 Å². The Morgan fingerprint density at radius 3 is 2.83 bits per heavy atom. The normalized spacial score (nSPS) is 12.3. The molecular weight excluding hydrogens is 378 g/mol. The number of hydrogen-bond donors (Lipinski definition) is 1. The Labute approximate surface area is 148 Å². The summed E-state index contributed by atoms with van der Waals surface area (Å²) in [7, 11) is 0. The van der Waals surface area contributed by atoms with E-state index < -0.39 is 0 Å². The Hall–Kier alpha value is -1.34. The molecule has 1 amide bonds. The van der Waals surface area contributed by atoms with Gasteiger partial charge in [-0.3, -0.25) is 14.2 Å². The molecule has 0 radical (unpaired) electrons. The Morgan fingerprint density at radius 1 is 1.43 bits per heavy atom. The summed E-state index contributed by atoms with van der Waals surface area (Å²) >= 11 is 4.70. The van der Waals surface area contributed by atoms with Gasteiger partial charge in [0, 0.05) is 17.6 Å². The predicted octanol–water partition coefficient (Wildman–Crippen LogP) is 3.19. The molecule has 0 aliphatic rings. The third-order valence-electron chi connectivity index (χ3n) is 3.40. The molecule has 0 saturated carbocycles. The molecule has 1 heterocycles. The van der Waals surface area contributed by atoms with Gasteiger partial charge in [0.15, 0.2) is 5.16 Å². The maximum absolute atomic E-state index is 12.6. The van der Waals surface area contributed by atoms with E-state index in [4.69, 9.17) is 0 Å². The van der Waals surface area contributed by atoms with Crippen LogP contribution in [-0.2, 0) is 11.3 Å². The highest BCUT2D eigenvalue weighted by atomic mass is 79.9. The minimum atomic E-state index is -0.306. The molecule has 0 aliphatic heterocycles. The van der Waals surface area contributed by atoms with Crippen molar-refractivity contribution in [1.29, 1.82) is 0 Å². The number of aromatic nitrogens is 2. The number of nitrogens with one attached hydrogen (secondary N) is 1. The molecule has 2 aromatic rings. The van der Waals surface area contributed by atoms with E-state index in [0.29, 0.717) is 29.1 Å². The molecule has 23 heavy (non-hydrogen) atoms. The molecule has 1 aromatic heterocycles. The van der Waals surface area contributed by atoms with Gasteiger partial charge in [-0.25, -0.2) is 4.98 Å². The first-order valence-electron chi connectivity index (χ1n) is 7.62. The average molecular weight is 398 g/mol. The van der Waals surface area contributed by atoms with Crippen molar-refractivity contribution in [3.8, 4) is 0 Å². The van der Waals surface area contributed by atoms with Crippen LogP contribution < -0.4 is 10.9 Å². The Bertz CT molecular complexity index is 776. The molecular formula is C16H20BrN3O2S. The van der Waals surface area contributed by atoms with Gasteiger partial charge in [-0.2, -0.15) is 0 Å². The Balaban J connectivity index is 2.38. The van der Waals surface area contributed by atoms with Gasteiger partial charge in [-0.15, -0.1) is 0 Å². The standard InChI is InChI=1S/C16H20BrN3O2S/c1-4-8-18-14(21)10(3)23-16-19-13-7-6-11(17)9-12(13)15(22)20(16)5-2/h6-7,9-10H,4-5,8H2,1-3H3,(H,18,21). The maximum Gasteiger partial charge on any atom is 0.262 e. The van der Waals surface area contributed by atoms with Crippen LogP contribution in [0.3, 0.4) is 0 Å². The summed E-state index contributed by atoms with van der Waals surface area (Å²) in [5, 5.41) is 3.71. The van der Waals surface area contributed by atoms with Crippen LogP contribution in [0.15, 0.2) is 32.6 Å². The first-order chi connectivity index (χ1) is 11.0. The highest BCUT2D eigenvalue weighted by Crippen LogP contribution is 2.23. The lowest BCUT2D eigenvalue weighted by Gasteiger charge is -2.15. The number of thioether (sulfide) groups is 1. The summed E-state index contributed by atoms with van der Waals surface area (Å²) in [6.07, 6.45) is 0.895. The van der Waals surface area contributed by atoms with Crippen LogP contribution in [0.1, 0.15) is 27.2 Å². The van der Waals surface area contributed by atoms with Gasteiger partial charge in [0.2, 0.25) is 5.91 Å². The summed E-state index contributed by atoms with van der Waals surface area (Å²) in [5.74, 6) is -0.0374. The highest BCUT2D eigenvalue weighted by Gasteiger charge is 2.18. The third-order valence-corrected chi connectivity index (χ3v) is 4.98. The zero-order valence-electron chi connectivity index (χ0n) is 13.4. The molecule has 1 aromatic carbocycles. The van der Waals surface area contributed by atoms with E-state index in [1.54, 1.807) is 10.6 Å². The predicted molar refractivity (Wildman–Crippen MR) is 98.0 cm³/mol. The number of hydrogen-bond acceptors (Lipinski definition) is 4. The van der Waals surface area contributed by atoms with E-state index in [0.717, 1.165) is 10.9 Å². The molecule has 1 unspecified atom stereocenters. The van der Waals surface area contributed by atoms with E-state index in [-0.39, 0.29) is 16.7 Å². The lowest BCUT2D eigenvalue weighted by molar-refractivity contribution is -0.120. The van der Waals surface area contributed by atoms with Gasteiger partial charge in [0.25, 0.3) is 5.56 Å². The molecule has 2 rings (SSSR count). The van der Waals surface area contributed by atoms with Crippen LogP contribution in [0.4, 0.5) is 0 Å². The van der Waals surface area contributed by atoms with E-state index in [9.17, 15) is 9.59 Å². The largest absolute Gasteiger partial charge is 0.355 e. The monoisotopic (exact) mass is 397 g/mol. The molecule has 1 N–H and O–H groups in total. The van der Waals surface area contributed by atoms with Gasteiger partial charge in [-0.1, -0.05) is 34.6 Å². The van der Waals surface area contributed by atoms with Crippen molar-refractivity contribution >= 4 is 44.5 Å². The van der Waals surface area contributed by atoms with Crippen LogP contribution in [0.25, 0.3) is 10.9 Å². The minimum absolute atomic E-state index is 0.0374. The smallest absolute Gasteiger partial charge is 0.262 e. The van der Waals surface area contributed by atoms with Gasteiger partial charge < -0.3 is 5.32 Å². The number of carbonyl (C=O) groups excluding carboxylic acids is 1. The second-order valence-corrected chi connectivity index (χ2v) is 7.38. The summed E-state index contributed by atoms with van der Waals surface area (Å²) in [6.45, 7) is 6.91. The van der Waals surface area contributed by atoms with Crippen molar-refractivity contribution < 1.29 is 4.79 Å². The van der Waals surface area contributed by atoms with Crippen LogP contribution in [0.5, 0.6) is 0 Å². The number of amides is 1. The molecule has 5 nitrogen and oxygen atoms in total. The average Bonchev–Trinajstić information content (AvgIpc) is 2.53. The molecule has 124 valence electrons. The second-order valence-electron chi connectivity index (χ2n) is 5.16. The van der Waals surface area contributed by atoms with E-state index in [1.807, 2.05) is 32.9 Å². The van der Waals surface area contributed by atoms with E-state index in [1.165, 1.54) is 11.8 Å². The quantitative estimate of drug-likeness (QED) is 0.600. The molecule has 7 heteroatoms. The number of rotatable bonds is 6. The van der Waals surface area contributed by atoms with Crippen LogP contribution in [0, 0.1) is 0 Å². The fourth-order valence-electron chi connectivity index (χ4n) is 2.15. The summed E-state index contributed by atoms with van der Waals surface area (Å²) in [5.41, 5.74) is 0.564. The molecule has 1 atom stereocenters. The first-order valence-corrected chi connectivity index (χ1v) is 9.29. The molecule has 0 bridgehead atoms. The Kier molecular flexibility index (Phi) is 6.24. The number of carbonyl (C=O) groups is 1. The Morgan fingerprint density at radius 2 is 2.17 bits per heavy atom. The van der Waals surface area contributed by atoms with Gasteiger partial charge in [0.1, 0.15) is 0 Å². The van der Waals surface area contributed by atoms with Crippen LogP contribution >= 0.6 is 27.7 Å². The number of nitrogens with zero attached hydrogens (tertiary/aromatic N) is 2. The van der Waals surface area contributed by atoms with Crippen LogP contribution in [-0.4, -0.2) is 27.3 Å². The lowest BCUT2D eigenvalue weighted by atomic mass is 10.2. The fraction of sp³-hybridized carbons (Fsp3) is 0.438. The fourth-order valence-corrected chi connectivity index (χ4v) is 3.50. The summed E-state index contributed by atoms with van der Waals surface area (Å²) < 4.78 is 2.46. The lowest BCUT2D eigenvalue weighted by Crippen LogP contribution is -2.32. The summed E-state index contributed by atoms with van der Waals surface area (Å²) in [6, 6.07) is 5.45. The zero-order chi connectivity index (χ0) is 17.0. The second kappa shape index (κ2) is 7.97. The zero-order valence-corrected chi connectivity index (χ0v) is 15.8. The van der Waals surface area contributed by atoms with Gasteiger partial charge >= 0.3 is 0 Å². The number of fused-ring (bicyclic) bond motifs is 1. The molecule has 0 saturated heterocycles. The van der Waals surface area contributed by atoms with E-state index >= 15 is 0 Å². The van der Waals surface area contributed by atoms with Crippen molar-refractivity contribution in [2.75, 3.05) is 6.54 Å². The number of halogens is 1. The van der Waals surface area contributed by atoms with Crippen molar-refractivity contribution in [2.45, 2.75) is 44.1 Å². The molecule has 0 fully saturated rings. The number of benzene rings is 1. The van der Waals surface area contributed by atoms with Gasteiger partial charge in [0.05, 0.1) is 16.2 Å². The van der Waals surface area contributed by atoms with Crippen molar-refractivity contribution in [1.82, 2.24) is 14.9 Å². The van der Waals surface area contributed by atoms with Crippen molar-refractivity contribution in [3.63, 3.8) is 0 Å². The van der Waals surface area contributed by atoms with Gasteiger partial charge in [-0.05, 0) is 38.5 Å². The van der Waals surface area contributed by atoms with Crippen molar-refractivity contribution in [3.05, 3.63) is 33.0 Å². The maximum atomic E-state index is 12.6. The topological polar surface area (TPSA) is 64.0 Å². The third kappa shape index (κ3) is 4.14. The SMILES string of the molecule is CCCNC(=O)C(C)Sc1nc2ccc(Br)cc2c(=O)n1CC. The summed E-state index contributed by atoms with van der Waals surface area (Å²) in [4.78, 5) is 29.3. The highest BCUT2D eigenvalue weighted by molar-refractivity contribution is 9.10. The van der Waals surface area contributed by atoms with E-state index in [2.05, 4.69) is 26.2 Å². The molecule has 0 aliphatic carbocycles. The molecule has 0 spiro atoms. The minimum Gasteiger partial charge on any atom is -0.355 e. The first kappa shape index (κ1) is 18.0.